The van der Waals surface area contributed by atoms with Gasteiger partial charge in [-0.2, -0.15) is 4.98 Å². The topological polar surface area (TPSA) is 67.1 Å². The van der Waals surface area contributed by atoms with Gasteiger partial charge in [-0.3, -0.25) is 0 Å². The number of aromatic nitrogens is 3. The smallest absolute Gasteiger partial charge is 0.298 e. The van der Waals surface area contributed by atoms with Crippen LogP contribution in [0.25, 0.3) is 21.7 Å². The Morgan fingerprint density at radius 1 is 1.00 bits per heavy atom. The SMILES string of the molecule is CCC[CH2][Sn]([CH2]CCC)([CH2]CCC)[c]1ccccn1.Cc1cc(-c2nccs2)c2oc(N3CCNC[C@@H]3C)nc2c1. The van der Waals surface area contributed by atoms with Gasteiger partial charge in [0.15, 0.2) is 5.58 Å². The van der Waals surface area contributed by atoms with E-state index in [1.54, 1.807) is 15.0 Å². The summed E-state index contributed by atoms with van der Waals surface area (Å²) in [7, 11) is 0. The number of piperazine rings is 1. The van der Waals surface area contributed by atoms with Gasteiger partial charge in [0, 0.05) is 37.3 Å². The molecule has 6 nitrogen and oxygen atoms in total. The number of anilines is 1. The second kappa shape index (κ2) is 16.0. The molecular formula is C33H49N5OSSn. The molecule has 0 radical (unpaired) electrons. The van der Waals surface area contributed by atoms with Crippen LogP contribution in [0, 0.1) is 6.92 Å². The van der Waals surface area contributed by atoms with E-state index in [1.807, 2.05) is 17.8 Å². The third-order valence-electron chi connectivity index (χ3n) is 8.27. The van der Waals surface area contributed by atoms with Gasteiger partial charge < -0.3 is 14.6 Å². The minimum absolute atomic E-state index is 0.381. The van der Waals surface area contributed by atoms with Gasteiger partial charge in [0.2, 0.25) is 0 Å². The number of nitrogens with zero attached hydrogens (tertiary/aromatic N) is 4. The van der Waals surface area contributed by atoms with Gasteiger partial charge in [-0.1, -0.05) is 0 Å². The summed E-state index contributed by atoms with van der Waals surface area (Å²) < 4.78 is 12.2. The zero-order valence-electron chi connectivity index (χ0n) is 25.8. The van der Waals surface area contributed by atoms with Crippen LogP contribution in [0.4, 0.5) is 6.01 Å². The molecule has 0 saturated carbocycles. The van der Waals surface area contributed by atoms with E-state index in [1.165, 1.54) is 57.4 Å². The number of hydrogen-bond acceptors (Lipinski definition) is 7. The fourth-order valence-electron chi connectivity index (χ4n) is 5.91. The van der Waals surface area contributed by atoms with Crippen molar-refractivity contribution < 1.29 is 4.42 Å². The van der Waals surface area contributed by atoms with Crippen LogP contribution in [-0.4, -0.2) is 59.0 Å². The van der Waals surface area contributed by atoms with Crippen LogP contribution >= 0.6 is 11.3 Å². The number of thiazole rings is 1. The summed E-state index contributed by atoms with van der Waals surface area (Å²) in [5, 5.41) is 6.35. The summed E-state index contributed by atoms with van der Waals surface area (Å²) in [5.74, 6) is 0. The number of aryl methyl sites for hydroxylation is 1. The third-order valence-corrected chi connectivity index (χ3v) is 24.2. The molecule has 1 aliphatic heterocycles. The molecule has 0 unspecified atom stereocenters. The summed E-state index contributed by atoms with van der Waals surface area (Å²) in [6, 6.07) is 11.9. The van der Waals surface area contributed by atoms with Gasteiger partial charge in [0.1, 0.15) is 10.5 Å². The summed E-state index contributed by atoms with van der Waals surface area (Å²) >= 11 is -0.585. The molecule has 222 valence electrons. The second-order valence-electron chi connectivity index (χ2n) is 11.5. The largest absolute Gasteiger partial charge is 0.423 e. The molecule has 1 saturated heterocycles. The Labute approximate surface area is 255 Å². The fraction of sp³-hybridized carbons (Fsp3) is 0.545. The van der Waals surface area contributed by atoms with E-state index in [2.05, 4.69) is 80.2 Å². The summed E-state index contributed by atoms with van der Waals surface area (Å²) in [6.07, 6.45) is 12.1. The molecule has 0 spiro atoms. The standard InChI is InChI=1S/C16H18N4OS.C5H4N.3C4H9.Sn/c1-10-7-12(15-18-4-6-22-15)14-13(8-10)19-16(21-14)20-5-3-17-9-11(20)2;1-2-4-6-5-3-1;3*1-3-4-2;/h4,6-8,11,17H,3,5,9H2,1-2H3;1-4H;3*1,3-4H2,2H3;/t11-;;;;;/m0...../s1. The first kappa shape index (κ1) is 32.0. The van der Waals surface area contributed by atoms with Crippen LogP contribution in [0.1, 0.15) is 71.8 Å². The molecule has 4 heterocycles. The molecule has 3 aromatic heterocycles. The second-order valence-corrected chi connectivity index (χ2v) is 25.5. The van der Waals surface area contributed by atoms with Crippen molar-refractivity contribution in [2.24, 2.45) is 0 Å². The van der Waals surface area contributed by atoms with Crippen molar-refractivity contribution in [2.45, 2.75) is 92.5 Å². The van der Waals surface area contributed by atoms with Gasteiger partial charge in [-0.05, 0) is 31.5 Å². The molecule has 1 aliphatic rings. The minimum atomic E-state index is -2.21. The minimum Gasteiger partial charge on any atom is -0.423 e. The Balaban J connectivity index is 0.000000192. The molecule has 0 amide bonds. The normalized spacial score (nSPS) is 15.6. The van der Waals surface area contributed by atoms with E-state index in [-0.39, 0.29) is 0 Å². The fourth-order valence-corrected chi connectivity index (χ4v) is 22.0. The molecule has 1 aromatic carbocycles. The number of fused-ring (bicyclic) bond motifs is 1. The number of benzene rings is 1. The van der Waals surface area contributed by atoms with Crippen molar-refractivity contribution in [3.05, 3.63) is 53.7 Å². The van der Waals surface area contributed by atoms with E-state index >= 15 is 0 Å². The van der Waals surface area contributed by atoms with Crippen LogP contribution in [0.5, 0.6) is 0 Å². The third kappa shape index (κ3) is 8.32. The number of oxazole rings is 1. The van der Waals surface area contributed by atoms with E-state index in [4.69, 9.17) is 14.4 Å². The Bertz CT molecular complexity index is 1290. The average Bonchev–Trinajstić information content (AvgIpc) is 3.68. The Kier molecular flexibility index (Phi) is 12.5. The van der Waals surface area contributed by atoms with Crippen molar-refractivity contribution in [1.29, 1.82) is 0 Å². The quantitative estimate of drug-likeness (QED) is 0.152. The molecule has 0 aliphatic carbocycles. The van der Waals surface area contributed by atoms with Gasteiger partial charge >= 0.3 is 124 Å². The van der Waals surface area contributed by atoms with Gasteiger partial charge in [-0.25, -0.2) is 4.98 Å². The van der Waals surface area contributed by atoms with Crippen molar-refractivity contribution in [2.75, 3.05) is 24.5 Å². The summed E-state index contributed by atoms with van der Waals surface area (Å²) in [6.45, 7) is 14.1. The predicted molar refractivity (Wildman–Crippen MR) is 178 cm³/mol. The summed E-state index contributed by atoms with van der Waals surface area (Å²) in [4.78, 5) is 16.2. The van der Waals surface area contributed by atoms with Crippen LogP contribution in [0.15, 0.2) is 52.5 Å². The van der Waals surface area contributed by atoms with Crippen LogP contribution in [0.3, 0.4) is 0 Å². The molecule has 1 atom stereocenters. The Morgan fingerprint density at radius 2 is 1.73 bits per heavy atom. The van der Waals surface area contributed by atoms with Gasteiger partial charge in [-0.15, -0.1) is 11.3 Å². The van der Waals surface area contributed by atoms with Gasteiger partial charge in [0.05, 0.1) is 5.56 Å². The molecule has 41 heavy (non-hydrogen) atoms. The maximum atomic E-state index is 6.14. The average molecular weight is 683 g/mol. The first-order chi connectivity index (χ1) is 20.0. The first-order valence-corrected chi connectivity index (χ1v) is 24.1. The zero-order valence-corrected chi connectivity index (χ0v) is 29.5. The Hall–Kier alpha value is -1.97. The van der Waals surface area contributed by atoms with E-state index in [0.29, 0.717) is 12.1 Å². The number of unbranched alkanes of at least 4 members (excludes halogenated alkanes) is 3. The van der Waals surface area contributed by atoms with E-state index < -0.39 is 18.4 Å². The number of hydrogen-bond donors (Lipinski definition) is 1. The van der Waals surface area contributed by atoms with Crippen molar-refractivity contribution in [1.82, 2.24) is 20.3 Å². The zero-order chi connectivity index (χ0) is 29.1. The van der Waals surface area contributed by atoms with E-state index in [9.17, 15) is 0 Å². The van der Waals surface area contributed by atoms with Crippen molar-refractivity contribution in [3.8, 4) is 10.6 Å². The predicted octanol–water partition coefficient (Wildman–Crippen LogP) is 8.20. The molecule has 1 N–H and O–H groups in total. The maximum Gasteiger partial charge on any atom is 0.298 e. The maximum absolute atomic E-state index is 6.14. The monoisotopic (exact) mass is 683 g/mol. The number of pyridine rings is 1. The van der Waals surface area contributed by atoms with E-state index in [0.717, 1.165) is 41.3 Å². The number of rotatable bonds is 12. The molecule has 1 fully saturated rings. The molecule has 5 rings (SSSR count). The van der Waals surface area contributed by atoms with Crippen LogP contribution in [-0.2, 0) is 0 Å². The van der Waals surface area contributed by atoms with Crippen LogP contribution in [0.2, 0.25) is 13.3 Å². The first-order valence-electron chi connectivity index (χ1n) is 15.7. The molecule has 4 aromatic rings. The summed E-state index contributed by atoms with van der Waals surface area (Å²) in [5.41, 5.74) is 3.95. The Morgan fingerprint density at radius 3 is 2.32 bits per heavy atom. The van der Waals surface area contributed by atoms with Gasteiger partial charge in [0.25, 0.3) is 6.01 Å². The molecular weight excluding hydrogens is 633 g/mol. The van der Waals surface area contributed by atoms with Crippen molar-refractivity contribution >= 4 is 50.5 Å². The van der Waals surface area contributed by atoms with Crippen LogP contribution < -0.4 is 13.9 Å². The molecule has 8 heteroatoms. The van der Waals surface area contributed by atoms with Crippen molar-refractivity contribution in [3.63, 3.8) is 0 Å². The number of nitrogens with one attached hydrogen (secondary N) is 1. The molecule has 0 bridgehead atoms.